The summed E-state index contributed by atoms with van der Waals surface area (Å²) in [7, 11) is 0. The van der Waals surface area contributed by atoms with Crippen LogP contribution < -0.4 is 0 Å². The van der Waals surface area contributed by atoms with Gasteiger partial charge in [-0.2, -0.15) is 0 Å². The standard InChI is InChI=1S/C43H78O5/c1-3-5-7-9-11-13-15-17-19-20-21-22-24-25-27-29-31-33-35-37-42(45)47-40-41(39-44)48-43(46)38-36-34-32-30-28-26-23-18-16-14-12-10-8-6-4-2/h12,14,17-19,23,41,44H,3-11,13,15-16,20-22,24-40H2,1-2H3/b14-12+,19-17+,23-18+/t41-/m0/s1. The Bertz CT molecular complexity index is 771. The van der Waals surface area contributed by atoms with Gasteiger partial charge in [0.05, 0.1) is 6.61 Å². The first-order valence-corrected chi connectivity index (χ1v) is 20.5. The van der Waals surface area contributed by atoms with E-state index in [4.69, 9.17) is 9.47 Å². The molecule has 280 valence electrons. The summed E-state index contributed by atoms with van der Waals surface area (Å²) in [6.45, 7) is 4.10. The van der Waals surface area contributed by atoms with Gasteiger partial charge in [0.2, 0.25) is 0 Å². The molecule has 5 heteroatoms. The van der Waals surface area contributed by atoms with Crippen LogP contribution in [0.4, 0.5) is 0 Å². The average Bonchev–Trinajstić information content (AvgIpc) is 3.09. The molecule has 0 aliphatic rings. The Kier molecular flexibility index (Phi) is 38.0. The monoisotopic (exact) mass is 675 g/mol. The second-order valence-electron chi connectivity index (χ2n) is 13.7. The highest BCUT2D eigenvalue weighted by Gasteiger charge is 2.16. The normalized spacial score (nSPS) is 12.5. The molecule has 0 fully saturated rings. The second kappa shape index (κ2) is 39.6. The molecule has 0 saturated carbocycles. The zero-order valence-electron chi connectivity index (χ0n) is 31.7. The maximum atomic E-state index is 12.2. The van der Waals surface area contributed by atoms with E-state index >= 15 is 0 Å². The van der Waals surface area contributed by atoms with Gasteiger partial charge in [0, 0.05) is 12.8 Å². The maximum Gasteiger partial charge on any atom is 0.306 e. The number of aliphatic hydroxyl groups excluding tert-OH is 1. The van der Waals surface area contributed by atoms with Crippen molar-refractivity contribution in [3.8, 4) is 0 Å². The molecule has 0 bridgehead atoms. The van der Waals surface area contributed by atoms with Crippen molar-refractivity contribution in [3.63, 3.8) is 0 Å². The van der Waals surface area contributed by atoms with E-state index in [1.807, 2.05) is 0 Å². The number of hydrogen-bond acceptors (Lipinski definition) is 5. The van der Waals surface area contributed by atoms with Crippen molar-refractivity contribution in [1.82, 2.24) is 0 Å². The van der Waals surface area contributed by atoms with Crippen molar-refractivity contribution in [2.75, 3.05) is 13.2 Å². The number of carbonyl (C=O) groups is 2. The molecule has 1 atom stereocenters. The minimum atomic E-state index is -0.777. The van der Waals surface area contributed by atoms with E-state index in [-0.39, 0.29) is 25.2 Å². The van der Waals surface area contributed by atoms with Crippen LogP contribution in [0.3, 0.4) is 0 Å². The molecule has 0 saturated heterocycles. The van der Waals surface area contributed by atoms with Gasteiger partial charge in [0.25, 0.3) is 0 Å². The molecule has 0 amide bonds. The average molecular weight is 675 g/mol. The molecule has 0 aliphatic heterocycles. The van der Waals surface area contributed by atoms with Crippen molar-refractivity contribution >= 4 is 11.9 Å². The van der Waals surface area contributed by atoms with Crippen LogP contribution in [0.15, 0.2) is 36.5 Å². The molecule has 0 aliphatic carbocycles. The summed E-state index contributed by atoms with van der Waals surface area (Å²) >= 11 is 0. The molecule has 0 unspecified atom stereocenters. The van der Waals surface area contributed by atoms with Crippen LogP contribution in [0.1, 0.15) is 206 Å². The lowest BCUT2D eigenvalue weighted by Crippen LogP contribution is -2.28. The van der Waals surface area contributed by atoms with Gasteiger partial charge in [0.1, 0.15) is 6.61 Å². The summed E-state index contributed by atoms with van der Waals surface area (Å²) in [5, 5.41) is 9.56. The number of hydrogen-bond donors (Lipinski definition) is 1. The number of allylic oxidation sites excluding steroid dienone is 6. The van der Waals surface area contributed by atoms with Gasteiger partial charge >= 0.3 is 11.9 Å². The third kappa shape index (κ3) is 36.9. The van der Waals surface area contributed by atoms with Crippen LogP contribution in [-0.4, -0.2) is 36.4 Å². The van der Waals surface area contributed by atoms with Gasteiger partial charge in [-0.3, -0.25) is 9.59 Å². The molecule has 5 nitrogen and oxygen atoms in total. The van der Waals surface area contributed by atoms with E-state index < -0.39 is 6.10 Å². The quantitative estimate of drug-likeness (QED) is 0.0403. The molecule has 0 radical (unpaired) electrons. The topological polar surface area (TPSA) is 72.8 Å². The zero-order chi connectivity index (χ0) is 35.0. The minimum Gasteiger partial charge on any atom is -0.462 e. The minimum absolute atomic E-state index is 0.0713. The smallest absolute Gasteiger partial charge is 0.306 e. The highest BCUT2D eigenvalue weighted by atomic mass is 16.6. The fourth-order valence-electron chi connectivity index (χ4n) is 5.75. The number of rotatable bonds is 37. The lowest BCUT2D eigenvalue weighted by atomic mass is 10.1. The highest BCUT2D eigenvalue weighted by Crippen LogP contribution is 2.13. The Hall–Kier alpha value is -1.88. The van der Waals surface area contributed by atoms with Crippen LogP contribution in [-0.2, 0) is 19.1 Å². The van der Waals surface area contributed by atoms with Gasteiger partial charge < -0.3 is 14.6 Å². The van der Waals surface area contributed by atoms with Crippen LogP contribution in [0, 0.1) is 0 Å². The molecule has 0 rings (SSSR count). The van der Waals surface area contributed by atoms with E-state index in [1.165, 1.54) is 128 Å². The van der Waals surface area contributed by atoms with Crippen molar-refractivity contribution in [2.45, 2.75) is 213 Å². The fourth-order valence-corrected chi connectivity index (χ4v) is 5.75. The number of aliphatic hydroxyl groups is 1. The van der Waals surface area contributed by atoms with Crippen molar-refractivity contribution in [1.29, 1.82) is 0 Å². The van der Waals surface area contributed by atoms with Gasteiger partial charge in [-0.25, -0.2) is 0 Å². The van der Waals surface area contributed by atoms with E-state index in [1.54, 1.807) is 0 Å². The Morgan fingerprint density at radius 2 is 0.833 bits per heavy atom. The van der Waals surface area contributed by atoms with Crippen LogP contribution in [0.5, 0.6) is 0 Å². The lowest BCUT2D eigenvalue weighted by molar-refractivity contribution is -0.161. The summed E-state index contributed by atoms with van der Waals surface area (Å²) < 4.78 is 10.6. The van der Waals surface area contributed by atoms with E-state index in [2.05, 4.69) is 50.3 Å². The van der Waals surface area contributed by atoms with Crippen LogP contribution in [0.25, 0.3) is 0 Å². The maximum absolute atomic E-state index is 12.2. The van der Waals surface area contributed by atoms with Crippen molar-refractivity contribution in [3.05, 3.63) is 36.5 Å². The predicted octanol–water partition coefficient (Wildman–Crippen LogP) is 12.8. The first kappa shape index (κ1) is 46.1. The van der Waals surface area contributed by atoms with E-state index in [0.29, 0.717) is 12.8 Å². The number of esters is 2. The summed E-state index contributed by atoms with van der Waals surface area (Å²) in [6, 6.07) is 0. The van der Waals surface area contributed by atoms with E-state index in [0.717, 1.165) is 51.4 Å². The molecule has 0 aromatic rings. The molecule has 48 heavy (non-hydrogen) atoms. The fraction of sp³-hybridized carbons (Fsp3) is 0.814. The van der Waals surface area contributed by atoms with Gasteiger partial charge in [-0.15, -0.1) is 0 Å². The predicted molar refractivity (Wildman–Crippen MR) is 205 cm³/mol. The number of unbranched alkanes of at least 4 members (excludes halogenated alkanes) is 23. The number of carbonyl (C=O) groups excluding carboxylic acids is 2. The SMILES string of the molecule is CCCCC/C=C/C/C=C/CCCCCCCC(=O)O[C@@H](CO)COC(=O)CCCCCCCCCCC/C=C/CCCCCCCC. The summed E-state index contributed by atoms with van der Waals surface area (Å²) in [4.78, 5) is 24.3. The van der Waals surface area contributed by atoms with Crippen molar-refractivity contribution in [2.24, 2.45) is 0 Å². The Morgan fingerprint density at radius 3 is 1.29 bits per heavy atom. The zero-order valence-corrected chi connectivity index (χ0v) is 31.7. The third-order valence-corrected chi connectivity index (χ3v) is 8.91. The van der Waals surface area contributed by atoms with Gasteiger partial charge in [0.15, 0.2) is 6.10 Å². The first-order chi connectivity index (χ1) is 23.6. The van der Waals surface area contributed by atoms with Crippen LogP contribution in [0.2, 0.25) is 0 Å². The molecule has 0 aromatic heterocycles. The van der Waals surface area contributed by atoms with Crippen LogP contribution >= 0.6 is 0 Å². The second-order valence-corrected chi connectivity index (χ2v) is 13.7. The molecule has 0 heterocycles. The van der Waals surface area contributed by atoms with Gasteiger partial charge in [-0.05, 0) is 70.6 Å². The number of ether oxygens (including phenoxy) is 2. The molecular formula is C43H78O5. The Labute approximate surface area is 297 Å². The third-order valence-electron chi connectivity index (χ3n) is 8.91. The summed E-state index contributed by atoms with van der Waals surface area (Å²) in [5.41, 5.74) is 0. The molecule has 0 spiro atoms. The molecule has 1 N–H and O–H groups in total. The van der Waals surface area contributed by atoms with Gasteiger partial charge in [-0.1, -0.05) is 159 Å². The highest BCUT2D eigenvalue weighted by molar-refractivity contribution is 5.70. The first-order valence-electron chi connectivity index (χ1n) is 20.5. The summed E-state index contributed by atoms with van der Waals surface area (Å²) in [6.07, 6.45) is 47.7. The van der Waals surface area contributed by atoms with Crippen molar-refractivity contribution < 1.29 is 24.2 Å². The molecule has 0 aromatic carbocycles. The lowest BCUT2D eigenvalue weighted by Gasteiger charge is -2.15. The largest absolute Gasteiger partial charge is 0.462 e. The summed E-state index contributed by atoms with van der Waals surface area (Å²) in [5.74, 6) is -0.606. The Morgan fingerprint density at radius 1 is 0.479 bits per heavy atom. The van der Waals surface area contributed by atoms with E-state index in [9.17, 15) is 14.7 Å². The molecular weight excluding hydrogens is 596 g/mol. The Balaban J connectivity index is 3.55.